The number of nitrogens with one attached hydrogen (secondary N) is 1. The fourth-order valence-corrected chi connectivity index (χ4v) is 5.95. The van der Waals surface area contributed by atoms with Gasteiger partial charge < -0.3 is 19.5 Å². The first-order valence-electron chi connectivity index (χ1n) is 12.5. The first-order chi connectivity index (χ1) is 19.8. The van der Waals surface area contributed by atoms with Gasteiger partial charge in [0.15, 0.2) is 23.1 Å². The molecule has 5 rings (SSSR count). The van der Waals surface area contributed by atoms with E-state index in [4.69, 9.17) is 14.2 Å². The number of fused-ring (bicyclic) bond motifs is 1. The van der Waals surface area contributed by atoms with Crippen molar-refractivity contribution in [2.24, 2.45) is 4.40 Å². The van der Waals surface area contributed by atoms with Crippen LogP contribution >= 0.6 is 11.3 Å². The van der Waals surface area contributed by atoms with Gasteiger partial charge in [0.1, 0.15) is 11.6 Å². The van der Waals surface area contributed by atoms with E-state index in [1.54, 1.807) is 54.7 Å². The Labute approximate surface area is 241 Å². The maximum Gasteiger partial charge on any atom is 0.258 e. The third kappa shape index (κ3) is 7.00. The number of methoxy groups -OCH3 is 2. The number of anilines is 1. The van der Waals surface area contributed by atoms with Gasteiger partial charge in [0.2, 0.25) is 0 Å². The lowest BCUT2D eigenvalue weighted by atomic mass is 10.1. The number of thiophene rings is 1. The summed E-state index contributed by atoms with van der Waals surface area (Å²) in [5.41, 5.74) is 2.42. The van der Waals surface area contributed by atoms with Gasteiger partial charge in [-0.2, -0.15) is 11.3 Å². The molecule has 2 heterocycles. The Kier molecular flexibility index (Phi) is 8.46. The summed E-state index contributed by atoms with van der Waals surface area (Å²) in [5, 5.41) is 7.40. The Morgan fingerprint density at radius 2 is 1.71 bits per heavy atom. The molecule has 0 radical (unpaired) electrons. The summed E-state index contributed by atoms with van der Waals surface area (Å²) in [6.45, 7) is 0. The van der Waals surface area contributed by atoms with Crippen LogP contribution in [0.5, 0.6) is 23.0 Å². The average Bonchev–Trinajstić information content (AvgIpc) is 3.47. The van der Waals surface area contributed by atoms with Crippen molar-refractivity contribution in [1.82, 2.24) is 4.98 Å². The summed E-state index contributed by atoms with van der Waals surface area (Å²) in [5.74, 6) is 0.624. The molecular weight excluding hydrogens is 565 g/mol. The minimum absolute atomic E-state index is 0.0224. The molecule has 0 atom stereocenters. The second kappa shape index (κ2) is 12.4. The van der Waals surface area contributed by atoms with Crippen LogP contribution in [0.2, 0.25) is 0 Å². The molecule has 210 valence electrons. The molecule has 0 saturated heterocycles. The second-order valence-electron chi connectivity index (χ2n) is 8.96. The molecule has 2 aromatic heterocycles. The smallest absolute Gasteiger partial charge is 0.258 e. The molecule has 0 aliphatic carbocycles. The molecule has 41 heavy (non-hydrogen) atoms. The highest BCUT2D eigenvalue weighted by Crippen LogP contribution is 2.37. The number of benzene rings is 3. The number of halogens is 1. The molecule has 8 nitrogen and oxygen atoms in total. The standard InChI is InChI=1S/C30H26FN3O5S2/c1-37-28-16-23-25(17-29(28)38-2)32-12-10-26(23)39-27-9-8-22(15-24(27)31)33-30(14-21-11-13-40-18-21)34-41(35,36)19-20-6-4-3-5-7-20/h3-13,15-18H,14,19H2,1-2H3,(H,33,34). The molecule has 0 saturated carbocycles. The molecule has 0 unspecified atom stereocenters. The van der Waals surface area contributed by atoms with E-state index < -0.39 is 15.8 Å². The summed E-state index contributed by atoms with van der Waals surface area (Å²) in [6, 6.07) is 20.0. The van der Waals surface area contributed by atoms with E-state index in [9.17, 15) is 8.42 Å². The number of aromatic nitrogens is 1. The maximum absolute atomic E-state index is 15.3. The summed E-state index contributed by atoms with van der Waals surface area (Å²) in [7, 11) is -0.808. The molecule has 1 N–H and O–H groups in total. The fourth-order valence-electron chi connectivity index (χ4n) is 4.15. The molecule has 0 bridgehead atoms. The van der Waals surface area contributed by atoms with E-state index in [1.165, 1.54) is 37.7 Å². The van der Waals surface area contributed by atoms with E-state index in [2.05, 4.69) is 14.7 Å². The topological polar surface area (TPSA) is 99.1 Å². The first-order valence-corrected chi connectivity index (χ1v) is 15.0. The van der Waals surface area contributed by atoms with Crippen LogP contribution in [0, 0.1) is 5.82 Å². The summed E-state index contributed by atoms with van der Waals surface area (Å²) < 4.78 is 61.8. The van der Waals surface area contributed by atoms with E-state index in [-0.39, 0.29) is 23.8 Å². The lowest BCUT2D eigenvalue weighted by Gasteiger charge is -2.14. The van der Waals surface area contributed by atoms with Gasteiger partial charge in [-0.15, -0.1) is 4.40 Å². The number of hydrogen-bond donors (Lipinski definition) is 1. The highest BCUT2D eigenvalue weighted by molar-refractivity contribution is 7.89. The SMILES string of the molecule is COc1cc2nccc(Oc3ccc(N/C(Cc4ccsc4)=N\S(=O)(=O)Cc4ccccc4)cc3F)c2cc1OC. The molecule has 0 spiro atoms. The molecule has 0 amide bonds. The number of nitrogens with zero attached hydrogens (tertiary/aromatic N) is 2. The monoisotopic (exact) mass is 591 g/mol. The van der Waals surface area contributed by atoms with Crippen LogP contribution in [-0.2, 0) is 22.2 Å². The van der Waals surface area contributed by atoms with Gasteiger partial charge >= 0.3 is 0 Å². The van der Waals surface area contributed by atoms with Crippen LogP contribution in [0.4, 0.5) is 10.1 Å². The van der Waals surface area contributed by atoms with Gasteiger partial charge in [-0.1, -0.05) is 30.3 Å². The minimum Gasteiger partial charge on any atom is -0.493 e. The van der Waals surface area contributed by atoms with Crippen LogP contribution in [0.3, 0.4) is 0 Å². The minimum atomic E-state index is -3.86. The predicted molar refractivity (Wildman–Crippen MR) is 159 cm³/mol. The Morgan fingerprint density at radius 1 is 0.927 bits per heavy atom. The van der Waals surface area contributed by atoms with E-state index in [0.717, 1.165) is 5.56 Å². The molecule has 11 heteroatoms. The normalized spacial score (nSPS) is 11.8. The Bertz CT molecular complexity index is 1790. The van der Waals surface area contributed by atoms with Gasteiger partial charge in [-0.3, -0.25) is 4.98 Å². The van der Waals surface area contributed by atoms with Crippen molar-refractivity contribution in [3.63, 3.8) is 0 Å². The number of rotatable bonds is 10. The third-order valence-electron chi connectivity index (χ3n) is 6.04. The van der Waals surface area contributed by atoms with Gasteiger partial charge in [0.25, 0.3) is 10.0 Å². The van der Waals surface area contributed by atoms with Gasteiger partial charge in [0, 0.05) is 35.8 Å². The number of sulfonamides is 1. The quantitative estimate of drug-likeness (QED) is 0.140. The van der Waals surface area contributed by atoms with Crippen LogP contribution in [-0.4, -0.2) is 33.5 Å². The highest BCUT2D eigenvalue weighted by atomic mass is 32.2. The lowest BCUT2D eigenvalue weighted by Crippen LogP contribution is -2.18. The van der Waals surface area contributed by atoms with Crippen molar-refractivity contribution in [2.75, 3.05) is 19.5 Å². The van der Waals surface area contributed by atoms with Gasteiger partial charge in [0.05, 0.1) is 25.5 Å². The Morgan fingerprint density at radius 3 is 2.41 bits per heavy atom. The average molecular weight is 592 g/mol. The molecule has 0 aliphatic rings. The van der Waals surface area contributed by atoms with E-state index in [0.29, 0.717) is 39.4 Å². The molecule has 3 aromatic carbocycles. The summed E-state index contributed by atoms with van der Waals surface area (Å²) >= 11 is 1.49. The first kappa shape index (κ1) is 28.1. The van der Waals surface area contributed by atoms with Crippen LogP contribution in [0.1, 0.15) is 11.1 Å². The zero-order valence-electron chi connectivity index (χ0n) is 22.2. The fraction of sp³-hybridized carbons (Fsp3) is 0.133. The van der Waals surface area contributed by atoms with Crippen molar-refractivity contribution in [1.29, 1.82) is 0 Å². The molecule has 0 aliphatic heterocycles. The predicted octanol–water partition coefficient (Wildman–Crippen LogP) is 6.83. The van der Waals surface area contributed by atoms with Crippen molar-refractivity contribution in [2.45, 2.75) is 12.2 Å². The molecule has 5 aromatic rings. The Hall–Kier alpha value is -4.48. The van der Waals surface area contributed by atoms with Gasteiger partial charge in [-0.05, 0) is 52.2 Å². The molecular formula is C30H26FN3O5S2. The van der Waals surface area contributed by atoms with Crippen LogP contribution < -0.4 is 19.5 Å². The number of pyridine rings is 1. The summed E-state index contributed by atoms with van der Waals surface area (Å²) in [4.78, 5) is 4.34. The largest absolute Gasteiger partial charge is 0.493 e. The van der Waals surface area contributed by atoms with Crippen LogP contribution in [0.25, 0.3) is 10.9 Å². The van der Waals surface area contributed by atoms with Crippen molar-refractivity contribution in [3.8, 4) is 23.0 Å². The number of amidine groups is 1. The van der Waals surface area contributed by atoms with Crippen LogP contribution in [0.15, 0.2) is 94.2 Å². The zero-order valence-corrected chi connectivity index (χ0v) is 23.8. The van der Waals surface area contributed by atoms with E-state index in [1.807, 2.05) is 22.9 Å². The Balaban J connectivity index is 1.40. The third-order valence-corrected chi connectivity index (χ3v) is 7.97. The summed E-state index contributed by atoms with van der Waals surface area (Å²) in [6.07, 6.45) is 1.78. The van der Waals surface area contributed by atoms with Crippen molar-refractivity contribution in [3.05, 3.63) is 107 Å². The van der Waals surface area contributed by atoms with Crippen molar-refractivity contribution >= 4 is 43.8 Å². The molecule has 0 fully saturated rings. The number of ether oxygens (including phenoxy) is 3. The highest BCUT2D eigenvalue weighted by Gasteiger charge is 2.16. The van der Waals surface area contributed by atoms with Gasteiger partial charge in [-0.25, -0.2) is 12.8 Å². The second-order valence-corrected chi connectivity index (χ2v) is 11.4. The van der Waals surface area contributed by atoms with Crippen molar-refractivity contribution < 1.29 is 27.0 Å². The van der Waals surface area contributed by atoms with E-state index >= 15 is 4.39 Å². The zero-order chi connectivity index (χ0) is 28.8. The number of hydrogen-bond acceptors (Lipinski definition) is 7. The maximum atomic E-state index is 15.3. The lowest BCUT2D eigenvalue weighted by molar-refractivity contribution is 0.355.